The lowest BCUT2D eigenvalue weighted by atomic mass is 10.1. The SMILES string of the molecule is N#Cc1cc(-n2c(N)c3c(cc2=O)C(=O)NC3=O)c([N+](=O)[O-])cc1C#N. The minimum absolute atomic E-state index is 0.222. The van der Waals surface area contributed by atoms with Crippen LogP contribution in [-0.4, -0.2) is 21.3 Å². The smallest absolute Gasteiger partial charge is 0.294 e. The molecule has 1 aromatic heterocycles. The fourth-order valence-electron chi connectivity index (χ4n) is 2.61. The molecule has 1 aliphatic rings. The minimum Gasteiger partial charge on any atom is -0.384 e. The number of pyridine rings is 1. The second-order valence-corrected chi connectivity index (χ2v) is 5.14. The van der Waals surface area contributed by atoms with Gasteiger partial charge in [-0.2, -0.15) is 10.5 Å². The first-order valence-electron chi connectivity index (χ1n) is 6.84. The zero-order valence-corrected chi connectivity index (χ0v) is 12.6. The second kappa shape index (κ2) is 5.54. The Balaban J connectivity index is 2.45. The van der Waals surface area contributed by atoms with Gasteiger partial charge < -0.3 is 5.73 Å². The van der Waals surface area contributed by atoms with Crippen molar-refractivity contribution in [3.63, 3.8) is 0 Å². The highest BCUT2D eigenvalue weighted by Crippen LogP contribution is 2.30. The monoisotopic (exact) mass is 350 g/mol. The van der Waals surface area contributed by atoms with Gasteiger partial charge >= 0.3 is 0 Å². The van der Waals surface area contributed by atoms with E-state index in [1.807, 2.05) is 5.32 Å². The number of amides is 2. The first-order chi connectivity index (χ1) is 12.3. The lowest BCUT2D eigenvalue weighted by Crippen LogP contribution is -2.25. The summed E-state index contributed by atoms with van der Waals surface area (Å²) in [5, 5.41) is 31.5. The van der Waals surface area contributed by atoms with Crippen LogP contribution in [0.25, 0.3) is 5.69 Å². The summed E-state index contributed by atoms with van der Waals surface area (Å²) >= 11 is 0. The van der Waals surface area contributed by atoms with Crippen LogP contribution >= 0.6 is 0 Å². The quantitative estimate of drug-likeness (QED) is 0.429. The van der Waals surface area contributed by atoms with Crippen molar-refractivity contribution in [2.45, 2.75) is 0 Å². The molecule has 11 heteroatoms. The van der Waals surface area contributed by atoms with Crippen LogP contribution in [0, 0.1) is 32.8 Å². The summed E-state index contributed by atoms with van der Waals surface area (Å²) in [5.41, 5.74) is 2.82. The number of anilines is 1. The number of nitro groups is 1. The molecule has 2 heterocycles. The van der Waals surface area contributed by atoms with E-state index >= 15 is 0 Å². The molecule has 11 nitrogen and oxygen atoms in total. The summed E-state index contributed by atoms with van der Waals surface area (Å²) in [6.45, 7) is 0. The van der Waals surface area contributed by atoms with Crippen molar-refractivity contribution in [3.05, 3.63) is 60.9 Å². The highest BCUT2D eigenvalue weighted by Gasteiger charge is 2.33. The molecule has 0 saturated heterocycles. The van der Waals surface area contributed by atoms with Gasteiger partial charge in [-0.1, -0.05) is 0 Å². The maximum Gasteiger partial charge on any atom is 0.294 e. The van der Waals surface area contributed by atoms with E-state index in [4.69, 9.17) is 16.3 Å². The molecule has 0 atom stereocenters. The molecule has 0 radical (unpaired) electrons. The Bertz CT molecular complexity index is 1180. The van der Waals surface area contributed by atoms with E-state index in [2.05, 4.69) is 0 Å². The molecule has 0 saturated carbocycles. The van der Waals surface area contributed by atoms with Crippen molar-refractivity contribution in [3.8, 4) is 17.8 Å². The number of nitrogen functional groups attached to an aromatic ring is 1. The second-order valence-electron chi connectivity index (χ2n) is 5.14. The van der Waals surface area contributed by atoms with Crippen LogP contribution in [0.1, 0.15) is 31.8 Å². The number of nitrogens with zero attached hydrogens (tertiary/aromatic N) is 4. The number of hydrogen-bond donors (Lipinski definition) is 2. The van der Waals surface area contributed by atoms with E-state index in [9.17, 15) is 24.5 Å². The molecule has 0 unspecified atom stereocenters. The van der Waals surface area contributed by atoms with Gasteiger partial charge in [0.05, 0.1) is 27.2 Å². The average molecular weight is 350 g/mol. The van der Waals surface area contributed by atoms with Crippen LogP contribution in [0.2, 0.25) is 0 Å². The Kier molecular flexibility index (Phi) is 3.48. The van der Waals surface area contributed by atoms with Crippen molar-refractivity contribution in [2.24, 2.45) is 0 Å². The molecule has 0 spiro atoms. The number of carbonyl (C=O) groups excluding carboxylic acids is 2. The largest absolute Gasteiger partial charge is 0.384 e. The molecule has 2 amide bonds. The highest BCUT2D eigenvalue weighted by atomic mass is 16.6. The van der Waals surface area contributed by atoms with E-state index in [0.717, 1.165) is 18.2 Å². The molecule has 0 bridgehead atoms. The van der Waals surface area contributed by atoms with Gasteiger partial charge in [0.25, 0.3) is 23.1 Å². The van der Waals surface area contributed by atoms with Crippen LogP contribution in [0.15, 0.2) is 23.0 Å². The third kappa shape index (κ3) is 2.16. The topological polar surface area (TPSA) is 185 Å². The minimum atomic E-state index is -0.914. The Hall–Kier alpha value is -4.51. The first-order valence-corrected chi connectivity index (χ1v) is 6.84. The van der Waals surface area contributed by atoms with Gasteiger partial charge in [-0.3, -0.25) is 34.4 Å². The number of nitrogens with one attached hydrogen (secondary N) is 1. The number of nitrogens with two attached hydrogens (primary N) is 1. The molecular weight excluding hydrogens is 344 g/mol. The van der Waals surface area contributed by atoms with Crippen LogP contribution in [-0.2, 0) is 0 Å². The number of rotatable bonds is 2. The molecule has 1 aliphatic heterocycles. The number of nitriles is 2. The zero-order chi connectivity index (χ0) is 19.2. The van der Waals surface area contributed by atoms with E-state index in [-0.39, 0.29) is 22.3 Å². The highest BCUT2D eigenvalue weighted by molar-refractivity contribution is 6.23. The van der Waals surface area contributed by atoms with Gasteiger partial charge in [-0.15, -0.1) is 0 Å². The zero-order valence-electron chi connectivity index (χ0n) is 12.6. The lowest BCUT2D eigenvalue weighted by Gasteiger charge is -2.12. The summed E-state index contributed by atoms with van der Waals surface area (Å²) < 4.78 is 0.650. The Morgan fingerprint density at radius 2 is 1.69 bits per heavy atom. The van der Waals surface area contributed by atoms with E-state index in [0.29, 0.717) is 4.57 Å². The van der Waals surface area contributed by atoms with Crippen molar-refractivity contribution in [1.29, 1.82) is 10.5 Å². The standard InChI is InChI=1S/C15H6N6O5/c16-4-6-1-9(10(21(25)26)2-7(6)5-17)20-11(22)3-8-12(13(20)18)15(24)19-14(8)23/h1-3H,18H2,(H,19,23,24). The number of nitro benzene ring substituents is 1. The normalized spacial score (nSPS) is 12.1. The molecular formula is C15H6N6O5. The number of imide groups is 1. The lowest BCUT2D eigenvalue weighted by molar-refractivity contribution is -0.384. The average Bonchev–Trinajstić information content (AvgIpc) is 2.87. The molecule has 0 fully saturated rings. The molecule has 2 aromatic rings. The molecule has 1 aromatic carbocycles. The van der Waals surface area contributed by atoms with Crippen LogP contribution < -0.4 is 16.6 Å². The molecule has 3 N–H and O–H groups in total. The number of hydrogen-bond acceptors (Lipinski definition) is 8. The van der Waals surface area contributed by atoms with Crippen molar-refractivity contribution in [1.82, 2.24) is 9.88 Å². The van der Waals surface area contributed by atoms with Gasteiger partial charge in [-0.25, -0.2) is 0 Å². The van der Waals surface area contributed by atoms with Crippen LogP contribution in [0.5, 0.6) is 0 Å². The number of carbonyl (C=O) groups is 2. The van der Waals surface area contributed by atoms with Crippen molar-refractivity contribution >= 4 is 23.3 Å². The maximum absolute atomic E-state index is 12.4. The van der Waals surface area contributed by atoms with Gasteiger partial charge in [0.2, 0.25) is 0 Å². The third-order valence-electron chi connectivity index (χ3n) is 3.75. The van der Waals surface area contributed by atoms with Crippen LogP contribution in [0.4, 0.5) is 11.5 Å². The summed E-state index contributed by atoms with van der Waals surface area (Å²) in [5.74, 6) is -2.16. The fourth-order valence-corrected chi connectivity index (χ4v) is 2.61. The predicted octanol–water partition coefficient (Wildman–Crippen LogP) is -0.0451. The maximum atomic E-state index is 12.4. The number of aromatic nitrogens is 1. The van der Waals surface area contributed by atoms with Gasteiger partial charge in [0.15, 0.2) is 0 Å². The molecule has 0 aliphatic carbocycles. The van der Waals surface area contributed by atoms with E-state index in [1.165, 1.54) is 0 Å². The molecule has 126 valence electrons. The molecule has 3 rings (SSSR count). The van der Waals surface area contributed by atoms with Crippen LogP contribution in [0.3, 0.4) is 0 Å². The Morgan fingerprint density at radius 1 is 1.08 bits per heavy atom. The Labute approximate surface area is 143 Å². The van der Waals surface area contributed by atoms with Gasteiger partial charge in [0, 0.05) is 12.1 Å². The van der Waals surface area contributed by atoms with Crippen molar-refractivity contribution < 1.29 is 14.5 Å². The number of benzene rings is 1. The van der Waals surface area contributed by atoms with Gasteiger partial charge in [-0.05, 0) is 6.07 Å². The summed E-state index contributed by atoms with van der Waals surface area (Å²) in [6, 6.07) is 5.95. The predicted molar refractivity (Wildman–Crippen MR) is 84.3 cm³/mol. The van der Waals surface area contributed by atoms with E-state index in [1.54, 1.807) is 12.1 Å². The fraction of sp³-hybridized carbons (Fsp3) is 0. The molecule has 26 heavy (non-hydrogen) atoms. The van der Waals surface area contributed by atoms with Gasteiger partial charge in [0.1, 0.15) is 23.6 Å². The Morgan fingerprint density at radius 3 is 2.27 bits per heavy atom. The van der Waals surface area contributed by atoms with Crippen molar-refractivity contribution in [2.75, 3.05) is 5.73 Å². The van der Waals surface area contributed by atoms with E-state index < -0.39 is 39.5 Å². The summed E-state index contributed by atoms with van der Waals surface area (Å²) in [6.07, 6.45) is 0. The number of fused-ring (bicyclic) bond motifs is 1. The first kappa shape index (κ1) is 16.4. The summed E-state index contributed by atoms with van der Waals surface area (Å²) in [7, 11) is 0. The summed E-state index contributed by atoms with van der Waals surface area (Å²) in [4.78, 5) is 46.4. The third-order valence-corrected chi connectivity index (χ3v) is 3.75.